The van der Waals surface area contributed by atoms with Crippen molar-refractivity contribution in [3.05, 3.63) is 11.1 Å². The zero-order chi connectivity index (χ0) is 9.72. The van der Waals surface area contributed by atoms with Crippen molar-refractivity contribution >= 4 is 11.9 Å². The Morgan fingerprint density at radius 3 is 1.33 bits per heavy atom. The van der Waals surface area contributed by atoms with Gasteiger partial charge in [-0.25, -0.2) is 9.59 Å². The van der Waals surface area contributed by atoms with E-state index in [1.807, 2.05) is 0 Å². The molecule has 12 heavy (non-hydrogen) atoms. The van der Waals surface area contributed by atoms with E-state index in [4.69, 9.17) is 10.5 Å². The highest BCUT2D eigenvalue weighted by atomic mass is 17.1. The van der Waals surface area contributed by atoms with Crippen LogP contribution in [0.3, 0.4) is 0 Å². The molecule has 0 aliphatic rings. The molecule has 6 nitrogen and oxygen atoms in total. The van der Waals surface area contributed by atoms with Gasteiger partial charge in [0.15, 0.2) is 0 Å². The molecule has 0 unspecified atom stereocenters. The van der Waals surface area contributed by atoms with Gasteiger partial charge in [-0.1, -0.05) is 0 Å². The second-order valence-electron chi connectivity index (χ2n) is 2.01. The molecule has 0 aromatic heterocycles. The van der Waals surface area contributed by atoms with E-state index in [1.54, 1.807) is 0 Å². The number of hydrogen-bond acceptors (Lipinski definition) is 6. The van der Waals surface area contributed by atoms with Crippen LogP contribution in [0.15, 0.2) is 11.1 Å². The summed E-state index contributed by atoms with van der Waals surface area (Å²) in [6.45, 7) is 2.48. The quantitative estimate of drug-likeness (QED) is 0.358. The monoisotopic (exact) mass is 176 g/mol. The molecule has 0 bridgehead atoms. The highest BCUT2D eigenvalue weighted by molar-refractivity contribution is 5.99. The van der Waals surface area contributed by atoms with Crippen molar-refractivity contribution in [1.29, 1.82) is 0 Å². The summed E-state index contributed by atoms with van der Waals surface area (Å²) >= 11 is 0. The van der Waals surface area contributed by atoms with Gasteiger partial charge < -0.3 is 0 Å². The number of hydrogen-bond donors (Lipinski definition) is 2. The normalized spacial score (nSPS) is 11.7. The van der Waals surface area contributed by atoms with E-state index in [0.29, 0.717) is 0 Å². The van der Waals surface area contributed by atoms with Crippen LogP contribution in [0.4, 0.5) is 0 Å². The summed E-state index contributed by atoms with van der Waals surface area (Å²) < 4.78 is 0. The first-order valence-corrected chi connectivity index (χ1v) is 2.93. The Labute approximate surface area is 67.9 Å². The van der Waals surface area contributed by atoms with Gasteiger partial charge in [0.1, 0.15) is 0 Å². The molecule has 0 aromatic carbocycles. The largest absolute Gasteiger partial charge is 0.369 e. The standard InChI is InChI=1S/C6H8O6/c1-3(5(7)11-9)4(2)6(8)12-10/h9-10H,1-2H3. The molecular formula is C6H8O6. The summed E-state index contributed by atoms with van der Waals surface area (Å²) in [4.78, 5) is 27.8. The van der Waals surface area contributed by atoms with E-state index in [2.05, 4.69) is 9.78 Å². The Morgan fingerprint density at radius 2 is 1.17 bits per heavy atom. The molecule has 0 atom stereocenters. The average molecular weight is 176 g/mol. The molecule has 6 heteroatoms. The maximum atomic E-state index is 10.6. The molecule has 0 fully saturated rings. The molecule has 0 saturated heterocycles. The van der Waals surface area contributed by atoms with Gasteiger partial charge in [0.05, 0.1) is 0 Å². The lowest BCUT2D eigenvalue weighted by molar-refractivity contribution is -0.232. The number of carbonyl (C=O) groups excluding carboxylic acids is 2. The third-order valence-corrected chi connectivity index (χ3v) is 1.34. The predicted octanol–water partition coefficient (Wildman–Crippen LogP) is 0.355. The van der Waals surface area contributed by atoms with Crippen molar-refractivity contribution in [2.24, 2.45) is 0 Å². The van der Waals surface area contributed by atoms with Crippen LogP contribution < -0.4 is 0 Å². The van der Waals surface area contributed by atoms with E-state index >= 15 is 0 Å². The molecular weight excluding hydrogens is 168 g/mol. The van der Waals surface area contributed by atoms with Gasteiger partial charge in [-0.05, 0) is 13.8 Å². The first-order valence-electron chi connectivity index (χ1n) is 2.93. The summed E-state index contributed by atoms with van der Waals surface area (Å²) in [5.74, 6) is -2.14. The van der Waals surface area contributed by atoms with E-state index in [9.17, 15) is 9.59 Å². The van der Waals surface area contributed by atoms with Crippen LogP contribution in [-0.4, -0.2) is 22.5 Å². The maximum Gasteiger partial charge on any atom is 0.369 e. The third-order valence-electron chi connectivity index (χ3n) is 1.34. The first kappa shape index (κ1) is 10.6. The molecule has 68 valence electrons. The van der Waals surface area contributed by atoms with Crippen molar-refractivity contribution < 1.29 is 29.9 Å². The molecule has 0 spiro atoms. The summed E-state index contributed by atoms with van der Waals surface area (Å²) in [5.41, 5.74) is -0.284. The zero-order valence-electron chi connectivity index (χ0n) is 6.53. The second kappa shape index (κ2) is 4.47. The third kappa shape index (κ3) is 2.33. The van der Waals surface area contributed by atoms with Crippen molar-refractivity contribution in [3.8, 4) is 0 Å². The highest BCUT2D eigenvalue weighted by Crippen LogP contribution is 2.06. The molecule has 2 N–H and O–H groups in total. The van der Waals surface area contributed by atoms with Crippen LogP contribution in [0.2, 0.25) is 0 Å². The van der Waals surface area contributed by atoms with Gasteiger partial charge in [-0.3, -0.25) is 9.78 Å². The summed E-state index contributed by atoms with van der Waals surface area (Å²) in [7, 11) is 0. The summed E-state index contributed by atoms with van der Waals surface area (Å²) in [6, 6.07) is 0. The van der Waals surface area contributed by atoms with Gasteiger partial charge in [0.2, 0.25) is 0 Å². The zero-order valence-corrected chi connectivity index (χ0v) is 6.53. The number of rotatable bonds is 2. The van der Waals surface area contributed by atoms with Gasteiger partial charge in [0.25, 0.3) is 0 Å². The van der Waals surface area contributed by atoms with Crippen LogP contribution in [0.1, 0.15) is 13.8 Å². The number of carbonyl (C=O) groups is 2. The molecule has 0 aliphatic carbocycles. The summed E-state index contributed by atoms with van der Waals surface area (Å²) in [6.07, 6.45) is 0. The minimum Gasteiger partial charge on any atom is -0.296 e. The lowest BCUT2D eigenvalue weighted by atomic mass is 10.1. The fraction of sp³-hybridized carbons (Fsp3) is 0.333. The van der Waals surface area contributed by atoms with Crippen molar-refractivity contribution in [2.75, 3.05) is 0 Å². The second-order valence-corrected chi connectivity index (χ2v) is 2.01. The smallest absolute Gasteiger partial charge is 0.296 e. The fourth-order valence-electron chi connectivity index (χ4n) is 0.443. The fourth-order valence-corrected chi connectivity index (χ4v) is 0.443. The lowest BCUT2D eigenvalue weighted by Crippen LogP contribution is -2.11. The van der Waals surface area contributed by atoms with Crippen LogP contribution in [0, 0.1) is 0 Å². The topological polar surface area (TPSA) is 93.1 Å². The van der Waals surface area contributed by atoms with E-state index in [0.717, 1.165) is 0 Å². The van der Waals surface area contributed by atoms with Crippen LogP contribution in [-0.2, 0) is 19.4 Å². The molecule has 0 amide bonds. The average Bonchev–Trinajstić information content (AvgIpc) is 2.12. The Hall–Kier alpha value is -1.40. The summed E-state index contributed by atoms with van der Waals surface area (Å²) in [5, 5.41) is 15.8. The van der Waals surface area contributed by atoms with E-state index < -0.39 is 11.9 Å². The molecule has 0 saturated carbocycles. The Balaban J connectivity index is 4.68. The molecule has 0 heterocycles. The minimum atomic E-state index is -1.07. The van der Waals surface area contributed by atoms with Gasteiger partial charge in [-0.2, -0.15) is 10.5 Å². The van der Waals surface area contributed by atoms with Crippen LogP contribution in [0.5, 0.6) is 0 Å². The molecule has 0 aromatic rings. The molecule has 0 radical (unpaired) electrons. The molecule has 0 aliphatic heterocycles. The first-order chi connectivity index (χ1) is 5.54. The molecule has 0 rings (SSSR count). The van der Waals surface area contributed by atoms with E-state index in [1.165, 1.54) is 13.8 Å². The Bertz CT molecular complexity index is 204. The van der Waals surface area contributed by atoms with Crippen molar-refractivity contribution in [3.63, 3.8) is 0 Å². The van der Waals surface area contributed by atoms with Crippen molar-refractivity contribution in [1.82, 2.24) is 0 Å². The van der Waals surface area contributed by atoms with Crippen molar-refractivity contribution in [2.45, 2.75) is 13.8 Å². The highest BCUT2D eigenvalue weighted by Gasteiger charge is 2.15. The van der Waals surface area contributed by atoms with Crippen LogP contribution >= 0.6 is 0 Å². The minimum absolute atomic E-state index is 0.142. The SMILES string of the molecule is CC(C(=O)OO)=C(C)C(=O)OO. The van der Waals surface area contributed by atoms with Gasteiger partial charge in [0, 0.05) is 11.1 Å². The Morgan fingerprint density at radius 1 is 0.917 bits per heavy atom. The predicted molar refractivity (Wildman–Crippen MR) is 35.8 cm³/mol. The lowest BCUT2D eigenvalue weighted by Gasteiger charge is -2.00. The van der Waals surface area contributed by atoms with Crippen LogP contribution in [0.25, 0.3) is 0 Å². The van der Waals surface area contributed by atoms with E-state index in [-0.39, 0.29) is 11.1 Å². The van der Waals surface area contributed by atoms with Gasteiger partial charge >= 0.3 is 11.9 Å². The Kier molecular flexibility index (Phi) is 3.95. The van der Waals surface area contributed by atoms with Gasteiger partial charge in [-0.15, -0.1) is 0 Å². The maximum absolute atomic E-state index is 10.6.